The summed E-state index contributed by atoms with van der Waals surface area (Å²) in [4.78, 5) is 28.7. The minimum absolute atomic E-state index is 0. The summed E-state index contributed by atoms with van der Waals surface area (Å²) in [5, 5.41) is 8.32. The van der Waals surface area contributed by atoms with Crippen LogP contribution in [0.2, 0.25) is 0 Å². The molecule has 61 heavy (non-hydrogen) atoms. The Morgan fingerprint density at radius 1 is 0.623 bits per heavy atom. The van der Waals surface area contributed by atoms with E-state index in [2.05, 4.69) is 162 Å². The van der Waals surface area contributed by atoms with E-state index >= 15 is 0 Å². The average Bonchev–Trinajstić information content (AvgIpc) is 4.15. The number of aromatic nitrogens is 2. The maximum atomic E-state index is 12.3. The van der Waals surface area contributed by atoms with Gasteiger partial charge in [0, 0.05) is 18.3 Å². The molecule has 0 saturated heterocycles. The van der Waals surface area contributed by atoms with Crippen LogP contribution in [0.4, 0.5) is 0 Å². The molecule has 0 aliphatic carbocycles. The first-order chi connectivity index (χ1) is 29.6. The van der Waals surface area contributed by atoms with Gasteiger partial charge in [-0.2, -0.15) is 0 Å². The number of nitrogens with one attached hydrogen (secondary N) is 2. The summed E-state index contributed by atoms with van der Waals surface area (Å²) in [5.41, 5.74) is 15.0. The van der Waals surface area contributed by atoms with Crippen LogP contribution in [-0.2, 0) is 17.1 Å². The second-order valence-electron chi connectivity index (χ2n) is 14.8. The second-order valence-corrected chi connectivity index (χ2v) is 14.8. The van der Waals surface area contributed by atoms with E-state index in [-0.39, 0.29) is 29.0 Å². The molecule has 5 heterocycles. The Morgan fingerprint density at radius 3 is 1.82 bits per heavy atom. The normalized spacial score (nSPS) is 19.7. The fraction of sp³-hybridized carbons (Fsp3) is 0.0370. The van der Waals surface area contributed by atoms with Crippen LogP contribution in [-0.4, -0.2) is 24.7 Å². The van der Waals surface area contributed by atoms with Crippen LogP contribution < -0.4 is 31.3 Å². The van der Waals surface area contributed by atoms with Crippen LogP contribution in [0.5, 0.6) is 0 Å². The summed E-state index contributed by atoms with van der Waals surface area (Å²) in [7, 11) is 1.64. The summed E-state index contributed by atoms with van der Waals surface area (Å²) >= 11 is 0. The van der Waals surface area contributed by atoms with E-state index in [4.69, 9.17) is 15.0 Å². The van der Waals surface area contributed by atoms with Gasteiger partial charge in [0.2, 0.25) is 0 Å². The number of aliphatic imine (C=N–C) groups is 1. The predicted octanol–water partition coefficient (Wildman–Crippen LogP) is 8.30. The first kappa shape index (κ1) is 39.0. The SMILES string of the molecule is CNC(=O)c1ccc(/C=C/c2c/c3[n-]/c2=C(/c2ccccc2)C2C=C/C(=C(\c4ccccc4)c4ccc([n-]4)/C(c4ccccc4)=C4/C=CC(=N4)\C=3c3ccccc3)N2)cc1.[Cu+2]. The van der Waals surface area contributed by atoms with E-state index in [1.165, 1.54) is 0 Å². The maximum Gasteiger partial charge on any atom is 2.00 e. The van der Waals surface area contributed by atoms with Crippen LogP contribution in [0.15, 0.2) is 204 Å². The van der Waals surface area contributed by atoms with Gasteiger partial charge in [-0.05, 0) is 86.0 Å². The molecular formula is C54H39CuN5O. The number of nitrogens with zero attached hydrogens (tertiary/aromatic N) is 3. The molecule has 1 unspecified atom stereocenters. The number of carbonyl (C=O) groups is 1. The summed E-state index contributed by atoms with van der Waals surface area (Å²) in [6, 6.07) is 55.6. The molecular weight excluding hydrogens is 798 g/mol. The van der Waals surface area contributed by atoms with Gasteiger partial charge in [0.25, 0.3) is 5.91 Å². The number of amides is 1. The standard InChI is InChI=1S/C54H40N5O.Cu/c1-55-54(60)40-25-22-35(23-26-40)24-27-41-34-48-51(38-18-10-4-11-19-38)46-31-30-44(57-46)49(36-14-6-2-7-15-36)42-28-29-43(56-42)50(37-16-8-3-9-17-37)45-32-33-47(58-45)52(53(41)59-48)39-20-12-5-13-21-39;/h2-34,47H,1H3,(H3-,55,56,57,58,59,60);/q-1;+2/p-1/b53-52-;. The Balaban J connectivity index is 0.00000476. The largest absolute Gasteiger partial charge is 2.00 e. The van der Waals surface area contributed by atoms with Gasteiger partial charge in [-0.15, -0.1) is 22.1 Å². The van der Waals surface area contributed by atoms with Crippen LogP contribution in [0, 0.1) is 0 Å². The molecule has 7 aromatic rings. The fourth-order valence-corrected chi connectivity index (χ4v) is 8.23. The third-order valence-electron chi connectivity index (χ3n) is 11.1. The number of hydrogen-bond acceptors (Lipinski definition) is 3. The van der Waals surface area contributed by atoms with Crippen molar-refractivity contribution in [3.8, 4) is 0 Å². The van der Waals surface area contributed by atoms with Gasteiger partial charge in [-0.1, -0.05) is 170 Å². The zero-order chi connectivity index (χ0) is 40.4. The molecule has 0 fully saturated rings. The molecule has 10 rings (SSSR count). The quantitative estimate of drug-likeness (QED) is 0.159. The Bertz CT molecular complexity index is 3080. The molecule has 3 aliphatic rings. The maximum absolute atomic E-state index is 12.3. The van der Waals surface area contributed by atoms with Crippen molar-refractivity contribution in [1.82, 2.24) is 20.6 Å². The van der Waals surface area contributed by atoms with Crippen LogP contribution >= 0.6 is 0 Å². The van der Waals surface area contributed by atoms with Gasteiger partial charge in [-0.25, -0.2) is 4.99 Å². The van der Waals surface area contributed by atoms with E-state index in [9.17, 15) is 4.79 Å². The van der Waals surface area contributed by atoms with Crippen LogP contribution in [0.1, 0.15) is 55.1 Å². The smallest absolute Gasteiger partial charge is 0.657 e. The minimum Gasteiger partial charge on any atom is -0.657 e. The Kier molecular flexibility index (Phi) is 10.9. The van der Waals surface area contributed by atoms with Crippen molar-refractivity contribution in [3.05, 3.63) is 261 Å². The average molecular weight is 837 g/mol. The van der Waals surface area contributed by atoms with Gasteiger partial charge in [0.05, 0.1) is 17.5 Å². The van der Waals surface area contributed by atoms with E-state index in [1.54, 1.807) is 7.05 Å². The van der Waals surface area contributed by atoms with Crippen molar-refractivity contribution in [3.63, 3.8) is 0 Å². The summed E-state index contributed by atoms with van der Waals surface area (Å²) in [6.07, 6.45) is 12.8. The molecule has 0 saturated carbocycles. The number of fused-ring (bicyclic) bond motifs is 7. The van der Waals surface area contributed by atoms with Gasteiger partial charge in [0.15, 0.2) is 0 Å². The molecule has 0 spiro atoms. The first-order valence-corrected chi connectivity index (χ1v) is 20.1. The monoisotopic (exact) mass is 836 g/mol. The van der Waals surface area contributed by atoms with Crippen molar-refractivity contribution in [2.75, 3.05) is 7.05 Å². The molecule has 6 nitrogen and oxygen atoms in total. The van der Waals surface area contributed by atoms with Crippen molar-refractivity contribution < 1.29 is 21.9 Å². The predicted molar refractivity (Wildman–Crippen MR) is 243 cm³/mol. The van der Waals surface area contributed by atoms with E-state index in [0.29, 0.717) is 5.56 Å². The third kappa shape index (κ3) is 7.65. The van der Waals surface area contributed by atoms with Gasteiger partial charge >= 0.3 is 17.1 Å². The zero-order valence-corrected chi connectivity index (χ0v) is 34.1. The van der Waals surface area contributed by atoms with Crippen molar-refractivity contribution in [2.45, 2.75) is 6.04 Å². The zero-order valence-electron chi connectivity index (χ0n) is 33.2. The second kappa shape index (κ2) is 17.0. The first-order valence-electron chi connectivity index (χ1n) is 20.1. The fourth-order valence-electron chi connectivity index (χ4n) is 8.23. The Labute approximate surface area is 365 Å². The van der Waals surface area contributed by atoms with Crippen molar-refractivity contribution in [1.29, 1.82) is 0 Å². The Hall–Kier alpha value is -7.44. The van der Waals surface area contributed by atoms with Crippen molar-refractivity contribution in [2.24, 2.45) is 4.99 Å². The molecule has 2 aromatic heterocycles. The summed E-state index contributed by atoms with van der Waals surface area (Å²) in [6.45, 7) is 0. The molecule has 1 amide bonds. The molecule has 2 N–H and O–H groups in total. The van der Waals surface area contributed by atoms with Gasteiger partial charge < -0.3 is 20.6 Å². The molecule has 7 heteroatoms. The Morgan fingerprint density at radius 2 is 1.20 bits per heavy atom. The van der Waals surface area contributed by atoms with E-state index in [0.717, 1.165) is 94.9 Å². The number of carbonyl (C=O) groups excluding carboxylic acids is 1. The minimum atomic E-state index is -0.222. The number of allylic oxidation sites excluding steroid dienone is 3. The molecule has 5 aromatic carbocycles. The number of hydrogen-bond donors (Lipinski definition) is 2. The van der Waals surface area contributed by atoms with Gasteiger partial charge in [-0.3, -0.25) is 4.79 Å². The van der Waals surface area contributed by atoms with Crippen LogP contribution in [0.25, 0.3) is 34.4 Å². The van der Waals surface area contributed by atoms with Crippen molar-refractivity contribution >= 4 is 46.1 Å². The van der Waals surface area contributed by atoms with Crippen LogP contribution in [0.3, 0.4) is 0 Å². The van der Waals surface area contributed by atoms with E-state index in [1.807, 2.05) is 48.5 Å². The third-order valence-corrected chi connectivity index (χ3v) is 11.1. The molecule has 3 aliphatic heterocycles. The molecule has 1 radical (unpaired) electrons. The number of benzene rings is 5. The van der Waals surface area contributed by atoms with Gasteiger partial charge in [0.1, 0.15) is 0 Å². The molecule has 8 bridgehead atoms. The molecule has 297 valence electrons. The summed E-state index contributed by atoms with van der Waals surface area (Å²) in [5.74, 6) is -0.118. The molecule has 1 atom stereocenters. The topological polar surface area (TPSA) is 81.7 Å². The number of rotatable bonds is 7. The van der Waals surface area contributed by atoms with E-state index < -0.39 is 0 Å². The summed E-state index contributed by atoms with van der Waals surface area (Å²) < 4.78 is 0.